The number of hydrogen-bond acceptors (Lipinski definition) is 2. The standard InChI is InChI=1S/C25H24N2O/c28-24(20-9-3-1-4-10-20)26-17-15-25(16-18-26)19-27(21-11-5-2-6-12-21)23-14-8-7-13-22(23)25/h1-14H,15-19H2. The second kappa shape index (κ2) is 6.83. The average molecular weight is 368 g/mol. The first-order valence-electron chi connectivity index (χ1n) is 10.0. The zero-order valence-electron chi connectivity index (χ0n) is 15.9. The van der Waals surface area contributed by atoms with Gasteiger partial charge in [0.1, 0.15) is 0 Å². The molecule has 3 heteroatoms. The van der Waals surface area contributed by atoms with Gasteiger partial charge in [-0.25, -0.2) is 0 Å². The maximum absolute atomic E-state index is 12.8. The number of para-hydroxylation sites is 2. The summed E-state index contributed by atoms with van der Waals surface area (Å²) >= 11 is 0. The molecule has 3 nitrogen and oxygen atoms in total. The van der Waals surface area contributed by atoms with E-state index in [0.717, 1.165) is 38.0 Å². The van der Waals surface area contributed by atoms with Crippen molar-refractivity contribution < 1.29 is 4.79 Å². The van der Waals surface area contributed by atoms with Crippen molar-refractivity contribution in [3.05, 3.63) is 96.1 Å². The highest BCUT2D eigenvalue weighted by atomic mass is 16.2. The fraction of sp³-hybridized carbons (Fsp3) is 0.240. The second-order valence-electron chi connectivity index (χ2n) is 7.88. The van der Waals surface area contributed by atoms with E-state index in [2.05, 4.69) is 59.5 Å². The normalized spacial score (nSPS) is 17.6. The van der Waals surface area contributed by atoms with Gasteiger partial charge in [-0.15, -0.1) is 0 Å². The molecule has 2 aliphatic rings. The molecule has 140 valence electrons. The lowest BCUT2D eigenvalue weighted by molar-refractivity contribution is 0.0675. The van der Waals surface area contributed by atoms with Crippen molar-refractivity contribution in [2.45, 2.75) is 18.3 Å². The maximum Gasteiger partial charge on any atom is 0.253 e. The molecule has 1 saturated heterocycles. The van der Waals surface area contributed by atoms with Crippen molar-refractivity contribution in [3.63, 3.8) is 0 Å². The van der Waals surface area contributed by atoms with Crippen molar-refractivity contribution in [3.8, 4) is 0 Å². The van der Waals surface area contributed by atoms with Gasteiger partial charge in [0, 0.05) is 42.0 Å². The minimum atomic E-state index is 0.125. The van der Waals surface area contributed by atoms with Crippen LogP contribution in [0.1, 0.15) is 28.8 Å². The summed E-state index contributed by atoms with van der Waals surface area (Å²) in [6.07, 6.45) is 2.01. The van der Waals surface area contributed by atoms with Crippen LogP contribution in [0.2, 0.25) is 0 Å². The Labute approximate surface area is 166 Å². The third-order valence-electron chi connectivity index (χ3n) is 6.32. The van der Waals surface area contributed by atoms with E-state index in [0.29, 0.717) is 0 Å². The average Bonchev–Trinajstić information content (AvgIpc) is 3.09. The zero-order valence-corrected chi connectivity index (χ0v) is 15.9. The van der Waals surface area contributed by atoms with Crippen molar-refractivity contribution >= 4 is 17.3 Å². The molecule has 3 aromatic carbocycles. The minimum Gasteiger partial charge on any atom is -0.340 e. The van der Waals surface area contributed by atoms with Gasteiger partial charge in [-0.05, 0) is 48.7 Å². The monoisotopic (exact) mass is 368 g/mol. The van der Waals surface area contributed by atoms with E-state index in [-0.39, 0.29) is 11.3 Å². The predicted octanol–water partition coefficient (Wildman–Crippen LogP) is 5.01. The van der Waals surface area contributed by atoms with Crippen LogP contribution < -0.4 is 4.90 Å². The first-order chi connectivity index (χ1) is 13.8. The fourth-order valence-electron chi connectivity index (χ4n) is 4.80. The smallest absolute Gasteiger partial charge is 0.253 e. The van der Waals surface area contributed by atoms with E-state index in [1.807, 2.05) is 35.2 Å². The van der Waals surface area contributed by atoms with Crippen LogP contribution in [0, 0.1) is 0 Å². The first-order valence-corrected chi connectivity index (χ1v) is 10.0. The Bertz CT molecular complexity index is 976. The SMILES string of the molecule is O=C(c1ccccc1)N1CCC2(CC1)CN(c1ccccc1)c1ccccc12. The Balaban J connectivity index is 1.41. The molecule has 0 N–H and O–H groups in total. The number of anilines is 2. The molecule has 0 aliphatic carbocycles. The van der Waals surface area contributed by atoms with Gasteiger partial charge in [0.15, 0.2) is 0 Å². The number of benzene rings is 3. The predicted molar refractivity (Wildman–Crippen MR) is 113 cm³/mol. The summed E-state index contributed by atoms with van der Waals surface area (Å²) in [6.45, 7) is 2.61. The van der Waals surface area contributed by atoms with Crippen LogP contribution in [0.3, 0.4) is 0 Å². The summed E-state index contributed by atoms with van der Waals surface area (Å²) in [5.74, 6) is 0.154. The quantitative estimate of drug-likeness (QED) is 0.635. The summed E-state index contributed by atoms with van der Waals surface area (Å²) in [6, 6.07) is 29.1. The molecular weight excluding hydrogens is 344 g/mol. The number of piperidine rings is 1. The molecule has 28 heavy (non-hydrogen) atoms. The Morgan fingerprint density at radius 1 is 0.750 bits per heavy atom. The number of fused-ring (bicyclic) bond motifs is 2. The van der Waals surface area contributed by atoms with Gasteiger partial charge in [0.05, 0.1) is 0 Å². The van der Waals surface area contributed by atoms with Gasteiger partial charge in [0.2, 0.25) is 0 Å². The summed E-state index contributed by atoms with van der Waals surface area (Å²) in [5, 5.41) is 0. The lowest BCUT2D eigenvalue weighted by Gasteiger charge is -2.40. The summed E-state index contributed by atoms with van der Waals surface area (Å²) < 4.78 is 0. The molecule has 1 amide bonds. The number of nitrogens with zero attached hydrogens (tertiary/aromatic N) is 2. The maximum atomic E-state index is 12.8. The molecule has 2 aliphatic heterocycles. The van der Waals surface area contributed by atoms with E-state index < -0.39 is 0 Å². The van der Waals surface area contributed by atoms with Gasteiger partial charge in [0.25, 0.3) is 5.91 Å². The van der Waals surface area contributed by atoms with Gasteiger partial charge in [-0.2, -0.15) is 0 Å². The van der Waals surface area contributed by atoms with Crippen LogP contribution in [0.4, 0.5) is 11.4 Å². The highest BCUT2D eigenvalue weighted by molar-refractivity contribution is 5.94. The van der Waals surface area contributed by atoms with Crippen LogP contribution in [0.25, 0.3) is 0 Å². The number of carbonyl (C=O) groups excluding carboxylic acids is 1. The van der Waals surface area contributed by atoms with E-state index in [9.17, 15) is 4.79 Å². The third kappa shape index (κ3) is 2.78. The van der Waals surface area contributed by atoms with E-state index in [1.54, 1.807) is 0 Å². The fourth-order valence-corrected chi connectivity index (χ4v) is 4.80. The molecular formula is C25H24N2O. The minimum absolute atomic E-state index is 0.125. The first kappa shape index (κ1) is 17.1. The van der Waals surface area contributed by atoms with Crippen LogP contribution >= 0.6 is 0 Å². The Morgan fingerprint density at radius 3 is 2.07 bits per heavy atom. The summed E-state index contributed by atoms with van der Waals surface area (Å²) in [5.41, 5.74) is 4.91. The lowest BCUT2D eigenvalue weighted by atomic mass is 9.74. The summed E-state index contributed by atoms with van der Waals surface area (Å²) in [7, 11) is 0. The Morgan fingerprint density at radius 2 is 1.36 bits per heavy atom. The molecule has 2 heterocycles. The highest BCUT2D eigenvalue weighted by Crippen LogP contribution is 2.49. The molecule has 1 fully saturated rings. The zero-order chi connectivity index (χ0) is 19.0. The molecule has 0 saturated carbocycles. The molecule has 3 aromatic rings. The van der Waals surface area contributed by atoms with Gasteiger partial charge in [-0.1, -0.05) is 54.6 Å². The molecule has 1 spiro atoms. The van der Waals surface area contributed by atoms with Crippen molar-refractivity contribution in [2.24, 2.45) is 0 Å². The van der Waals surface area contributed by atoms with Crippen molar-refractivity contribution in [1.29, 1.82) is 0 Å². The largest absolute Gasteiger partial charge is 0.340 e. The number of rotatable bonds is 2. The van der Waals surface area contributed by atoms with Gasteiger partial charge < -0.3 is 9.80 Å². The molecule has 5 rings (SSSR count). The molecule has 0 unspecified atom stereocenters. The molecule has 0 atom stereocenters. The number of hydrogen-bond donors (Lipinski definition) is 0. The van der Waals surface area contributed by atoms with Crippen LogP contribution in [0.15, 0.2) is 84.9 Å². The van der Waals surface area contributed by atoms with Crippen molar-refractivity contribution in [1.82, 2.24) is 4.90 Å². The molecule has 0 aromatic heterocycles. The topological polar surface area (TPSA) is 23.6 Å². The van der Waals surface area contributed by atoms with Crippen LogP contribution in [-0.4, -0.2) is 30.4 Å². The van der Waals surface area contributed by atoms with E-state index in [1.165, 1.54) is 16.9 Å². The Kier molecular flexibility index (Phi) is 4.16. The third-order valence-corrected chi connectivity index (χ3v) is 6.32. The number of carbonyl (C=O) groups is 1. The number of likely N-dealkylation sites (tertiary alicyclic amines) is 1. The second-order valence-corrected chi connectivity index (χ2v) is 7.88. The lowest BCUT2D eigenvalue weighted by Crippen LogP contribution is -2.46. The molecule has 0 radical (unpaired) electrons. The Hall–Kier alpha value is -3.07. The van der Waals surface area contributed by atoms with Crippen LogP contribution in [0.5, 0.6) is 0 Å². The molecule has 0 bridgehead atoms. The number of amides is 1. The van der Waals surface area contributed by atoms with Crippen LogP contribution in [-0.2, 0) is 5.41 Å². The van der Waals surface area contributed by atoms with Crippen molar-refractivity contribution in [2.75, 3.05) is 24.5 Å². The summed E-state index contributed by atoms with van der Waals surface area (Å²) in [4.78, 5) is 17.3. The van der Waals surface area contributed by atoms with E-state index >= 15 is 0 Å². The highest BCUT2D eigenvalue weighted by Gasteiger charge is 2.45. The van der Waals surface area contributed by atoms with E-state index in [4.69, 9.17) is 0 Å². The van der Waals surface area contributed by atoms with Gasteiger partial charge >= 0.3 is 0 Å². The van der Waals surface area contributed by atoms with Gasteiger partial charge in [-0.3, -0.25) is 4.79 Å².